The number of alkyl halides is 1. The Bertz CT molecular complexity index is 556. The van der Waals surface area contributed by atoms with E-state index in [2.05, 4.69) is 47.8 Å². The van der Waals surface area contributed by atoms with Crippen molar-refractivity contribution < 1.29 is 0 Å². The van der Waals surface area contributed by atoms with Gasteiger partial charge < -0.3 is 0 Å². The third kappa shape index (κ3) is 6.17. The molecule has 0 bridgehead atoms. The summed E-state index contributed by atoms with van der Waals surface area (Å²) in [7, 11) is 0. The van der Waals surface area contributed by atoms with E-state index in [-0.39, 0.29) is 0 Å². The second-order valence-electron chi connectivity index (χ2n) is 3.76. The van der Waals surface area contributed by atoms with Gasteiger partial charge in [-0.2, -0.15) is 0 Å². The van der Waals surface area contributed by atoms with Gasteiger partial charge in [0.1, 0.15) is 0 Å². The van der Waals surface area contributed by atoms with Crippen LogP contribution in [0.1, 0.15) is 11.1 Å². The van der Waals surface area contributed by atoms with Gasteiger partial charge in [0.05, 0.1) is 0 Å². The SMILES string of the molecule is Cc1cc(Cl)ccc1Br.Clc1ccc(Br)c(CBr)c1. The molecular formula is C14H11Br3Cl2. The largest absolute Gasteiger partial charge is 0.0876 e. The summed E-state index contributed by atoms with van der Waals surface area (Å²) < 4.78 is 2.20. The lowest BCUT2D eigenvalue weighted by Gasteiger charge is -1.98. The number of hydrogen-bond acceptors (Lipinski definition) is 0. The Labute approximate surface area is 148 Å². The first-order valence-corrected chi connectivity index (χ1v) is 8.82. The molecule has 0 aliphatic carbocycles. The van der Waals surface area contributed by atoms with Crippen LogP contribution in [0.3, 0.4) is 0 Å². The average Bonchev–Trinajstić information content (AvgIpc) is 2.38. The van der Waals surface area contributed by atoms with Crippen molar-refractivity contribution in [3.05, 3.63) is 66.5 Å². The molecular weight excluding hydrogens is 479 g/mol. The molecule has 0 aromatic heterocycles. The van der Waals surface area contributed by atoms with Gasteiger partial charge in [-0.05, 0) is 54.4 Å². The quantitative estimate of drug-likeness (QED) is 0.366. The van der Waals surface area contributed by atoms with E-state index in [0.717, 1.165) is 24.3 Å². The van der Waals surface area contributed by atoms with Crippen LogP contribution in [-0.4, -0.2) is 0 Å². The zero-order chi connectivity index (χ0) is 14.4. The molecule has 0 nitrogen and oxygen atoms in total. The third-order valence-corrected chi connectivity index (χ3v) is 5.01. The topological polar surface area (TPSA) is 0 Å². The lowest BCUT2D eigenvalue weighted by Crippen LogP contribution is -1.78. The minimum Gasteiger partial charge on any atom is -0.0876 e. The molecule has 0 saturated carbocycles. The third-order valence-electron chi connectivity index (χ3n) is 2.27. The Morgan fingerprint density at radius 2 is 1.42 bits per heavy atom. The molecule has 0 heterocycles. The van der Waals surface area contributed by atoms with Crippen molar-refractivity contribution in [1.29, 1.82) is 0 Å². The molecule has 0 amide bonds. The molecule has 2 aromatic rings. The van der Waals surface area contributed by atoms with Gasteiger partial charge in [-0.1, -0.05) is 71.0 Å². The van der Waals surface area contributed by atoms with E-state index in [0.29, 0.717) is 0 Å². The van der Waals surface area contributed by atoms with Crippen LogP contribution < -0.4 is 0 Å². The minimum atomic E-state index is 0.776. The van der Waals surface area contributed by atoms with Crippen molar-refractivity contribution >= 4 is 71.0 Å². The Hall–Kier alpha value is 0.460. The molecule has 0 aliphatic heterocycles. The number of hydrogen-bond donors (Lipinski definition) is 0. The van der Waals surface area contributed by atoms with Crippen molar-refractivity contribution in [2.75, 3.05) is 0 Å². The number of halogens is 5. The lowest BCUT2D eigenvalue weighted by atomic mass is 10.2. The molecule has 0 fully saturated rings. The number of benzene rings is 2. The summed E-state index contributed by atoms with van der Waals surface area (Å²) in [6, 6.07) is 11.5. The van der Waals surface area contributed by atoms with Crippen LogP contribution in [0.4, 0.5) is 0 Å². The van der Waals surface area contributed by atoms with E-state index in [1.54, 1.807) is 0 Å². The minimum absolute atomic E-state index is 0.776. The normalized spacial score (nSPS) is 9.79. The number of rotatable bonds is 1. The van der Waals surface area contributed by atoms with Crippen LogP contribution in [0, 0.1) is 6.92 Å². The van der Waals surface area contributed by atoms with Crippen molar-refractivity contribution in [3.8, 4) is 0 Å². The molecule has 0 unspecified atom stereocenters. The second-order valence-corrected chi connectivity index (χ2v) is 6.91. The van der Waals surface area contributed by atoms with Crippen LogP contribution in [0.5, 0.6) is 0 Å². The van der Waals surface area contributed by atoms with Gasteiger partial charge >= 0.3 is 0 Å². The molecule has 102 valence electrons. The molecule has 2 aromatic carbocycles. The summed E-state index contributed by atoms with van der Waals surface area (Å²) in [6.07, 6.45) is 0. The first kappa shape index (κ1) is 17.5. The highest BCUT2D eigenvalue weighted by Gasteiger charge is 1.97. The first-order chi connectivity index (χ1) is 8.93. The Kier molecular flexibility index (Phi) is 8.00. The van der Waals surface area contributed by atoms with Gasteiger partial charge in [0.2, 0.25) is 0 Å². The molecule has 0 N–H and O–H groups in total. The van der Waals surface area contributed by atoms with Crippen molar-refractivity contribution in [3.63, 3.8) is 0 Å². The molecule has 0 aliphatic rings. The average molecular weight is 490 g/mol. The lowest BCUT2D eigenvalue weighted by molar-refractivity contribution is 1.40. The van der Waals surface area contributed by atoms with Crippen molar-refractivity contribution in [2.24, 2.45) is 0 Å². The van der Waals surface area contributed by atoms with Gasteiger partial charge in [0.15, 0.2) is 0 Å². The summed E-state index contributed by atoms with van der Waals surface area (Å²) >= 11 is 21.6. The van der Waals surface area contributed by atoms with Gasteiger partial charge in [-0.25, -0.2) is 0 Å². The molecule has 0 radical (unpaired) electrons. The maximum atomic E-state index is 5.75. The van der Waals surface area contributed by atoms with E-state index >= 15 is 0 Å². The summed E-state index contributed by atoms with van der Waals surface area (Å²) in [5, 5.41) is 2.39. The van der Waals surface area contributed by atoms with E-state index in [1.807, 2.05) is 43.3 Å². The van der Waals surface area contributed by atoms with Crippen LogP contribution in [-0.2, 0) is 5.33 Å². The summed E-state index contributed by atoms with van der Waals surface area (Å²) in [4.78, 5) is 0. The van der Waals surface area contributed by atoms with Crippen LogP contribution >= 0.6 is 71.0 Å². The zero-order valence-electron chi connectivity index (χ0n) is 10.1. The van der Waals surface area contributed by atoms with Crippen molar-refractivity contribution in [2.45, 2.75) is 12.3 Å². The first-order valence-electron chi connectivity index (χ1n) is 5.35. The fourth-order valence-corrected chi connectivity index (χ4v) is 3.15. The Morgan fingerprint density at radius 3 is 1.84 bits per heavy atom. The van der Waals surface area contributed by atoms with Gasteiger partial charge in [0, 0.05) is 24.3 Å². The summed E-state index contributed by atoms with van der Waals surface area (Å²) in [6.45, 7) is 2.01. The molecule has 19 heavy (non-hydrogen) atoms. The van der Waals surface area contributed by atoms with E-state index in [1.165, 1.54) is 11.1 Å². The van der Waals surface area contributed by atoms with E-state index in [4.69, 9.17) is 23.2 Å². The monoisotopic (exact) mass is 486 g/mol. The van der Waals surface area contributed by atoms with Gasteiger partial charge in [-0.15, -0.1) is 0 Å². The molecule has 2 rings (SSSR count). The maximum absolute atomic E-state index is 5.75. The highest BCUT2D eigenvalue weighted by Crippen LogP contribution is 2.22. The van der Waals surface area contributed by atoms with Gasteiger partial charge in [-0.3, -0.25) is 0 Å². The Morgan fingerprint density at radius 1 is 0.895 bits per heavy atom. The highest BCUT2D eigenvalue weighted by molar-refractivity contribution is 9.11. The fourth-order valence-electron chi connectivity index (χ4n) is 1.25. The highest BCUT2D eigenvalue weighted by atomic mass is 79.9. The van der Waals surface area contributed by atoms with Crippen LogP contribution in [0.15, 0.2) is 45.3 Å². The van der Waals surface area contributed by atoms with Crippen LogP contribution in [0.25, 0.3) is 0 Å². The maximum Gasteiger partial charge on any atom is 0.0409 e. The predicted molar refractivity (Wildman–Crippen MR) is 95.7 cm³/mol. The second kappa shape index (κ2) is 8.68. The van der Waals surface area contributed by atoms with E-state index in [9.17, 15) is 0 Å². The predicted octanol–water partition coefficient (Wildman–Crippen LogP) is 7.41. The number of aryl methyl sites for hydroxylation is 1. The van der Waals surface area contributed by atoms with E-state index < -0.39 is 0 Å². The Balaban J connectivity index is 0.000000191. The molecule has 0 atom stereocenters. The van der Waals surface area contributed by atoms with Gasteiger partial charge in [0.25, 0.3) is 0 Å². The molecule has 5 heteroatoms. The standard InChI is InChI=1S/C7H5Br2Cl.C7H6BrCl/c8-4-5-3-6(10)1-2-7(5)9;1-5-4-6(9)2-3-7(5)8/h1-3H,4H2;2-4H,1H3. The summed E-state index contributed by atoms with van der Waals surface area (Å²) in [5.41, 5.74) is 2.34. The molecule has 0 spiro atoms. The zero-order valence-corrected chi connectivity index (χ0v) is 16.3. The van der Waals surface area contributed by atoms with Crippen molar-refractivity contribution in [1.82, 2.24) is 0 Å². The summed E-state index contributed by atoms with van der Waals surface area (Å²) in [5.74, 6) is 0. The smallest absolute Gasteiger partial charge is 0.0409 e. The fraction of sp³-hybridized carbons (Fsp3) is 0.143. The van der Waals surface area contributed by atoms with Crippen LogP contribution in [0.2, 0.25) is 10.0 Å². The molecule has 0 saturated heterocycles.